The maximum Gasteiger partial charge on any atom is 0.261 e. The summed E-state index contributed by atoms with van der Waals surface area (Å²) in [6.45, 7) is 3.23. The number of hydrogen-bond acceptors (Lipinski definition) is 6. The van der Waals surface area contributed by atoms with Gasteiger partial charge in [0.2, 0.25) is 5.88 Å². The van der Waals surface area contributed by atoms with E-state index in [-0.39, 0.29) is 11.4 Å². The third-order valence-corrected chi connectivity index (χ3v) is 5.69. The molecule has 0 bridgehead atoms. The van der Waals surface area contributed by atoms with Crippen molar-refractivity contribution in [1.29, 1.82) is 5.26 Å². The summed E-state index contributed by atoms with van der Waals surface area (Å²) >= 11 is 0. The minimum absolute atomic E-state index is 0.212. The van der Waals surface area contributed by atoms with Crippen LogP contribution in [-0.4, -0.2) is 49.1 Å². The molecule has 2 heterocycles. The number of nitrogens with zero attached hydrogens (tertiary/aromatic N) is 4. The first-order chi connectivity index (χ1) is 16.5. The zero-order valence-corrected chi connectivity index (χ0v) is 18.6. The fourth-order valence-corrected chi connectivity index (χ4v) is 3.94. The van der Waals surface area contributed by atoms with E-state index in [1.807, 2.05) is 6.07 Å². The molecule has 0 aliphatic carbocycles. The molecule has 3 aromatic rings. The van der Waals surface area contributed by atoms with Gasteiger partial charge in [0.1, 0.15) is 5.56 Å². The molecular formula is C25H23F2N5O2. The largest absolute Gasteiger partial charge is 0.480 e. The fraction of sp³-hybridized carbons (Fsp3) is 0.240. The number of aromatic nitrogens is 1. The van der Waals surface area contributed by atoms with Crippen molar-refractivity contribution in [1.82, 2.24) is 9.88 Å². The summed E-state index contributed by atoms with van der Waals surface area (Å²) in [5, 5.41) is 12.2. The van der Waals surface area contributed by atoms with Gasteiger partial charge in [-0.2, -0.15) is 5.26 Å². The number of nitriles is 1. The van der Waals surface area contributed by atoms with Crippen LogP contribution >= 0.6 is 0 Å². The van der Waals surface area contributed by atoms with Crippen molar-refractivity contribution in [3.63, 3.8) is 0 Å². The summed E-state index contributed by atoms with van der Waals surface area (Å²) in [5.74, 6) is -1.88. The van der Waals surface area contributed by atoms with E-state index in [0.29, 0.717) is 49.5 Å². The van der Waals surface area contributed by atoms with E-state index in [1.54, 1.807) is 30.3 Å². The van der Waals surface area contributed by atoms with Gasteiger partial charge in [-0.05, 0) is 48.0 Å². The monoisotopic (exact) mass is 463 g/mol. The maximum atomic E-state index is 13.5. The van der Waals surface area contributed by atoms with Crippen LogP contribution in [0, 0.1) is 23.0 Å². The van der Waals surface area contributed by atoms with Gasteiger partial charge in [0.25, 0.3) is 5.91 Å². The molecule has 1 amide bonds. The molecule has 0 spiro atoms. The molecule has 9 heteroatoms. The van der Waals surface area contributed by atoms with Crippen LogP contribution in [0.2, 0.25) is 0 Å². The summed E-state index contributed by atoms with van der Waals surface area (Å²) in [6, 6.07) is 14.5. The molecule has 174 valence electrons. The predicted octanol–water partition coefficient (Wildman–Crippen LogP) is 3.81. The Morgan fingerprint density at radius 3 is 2.62 bits per heavy atom. The predicted molar refractivity (Wildman–Crippen MR) is 124 cm³/mol. The lowest BCUT2D eigenvalue weighted by Gasteiger charge is -2.37. The minimum Gasteiger partial charge on any atom is -0.480 e. The van der Waals surface area contributed by atoms with Crippen LogP contribution in [0.5, 0.6) is 5.88 Å². The normalized spacial score (nSPS) is 13.9. The molecule has 0 atom stereocenters. The number of piperazine rings is 1. The molecule has 0 saturated carbocycles. The molecule has 1 N–H and O–H groups in total. The molecule has 1 saturated heterocycles. The number of methoxy groups -OCH3 is 1. The highest BCUT2D eigenvalue weighted by Gasteiger charge is 2.22. The number of hydrogen-bond donors (Lipinski definition) is 1. The minimum atomic E-state index is -0.854. The van der Waals surface area contributed by atoms with Gasteiger partial charge in [0.15, 0.2) is 11.6 Å². The first-order valence-corrected chi connectivity index (χ1v) is 10.7. The molecule has 4 rings (SSSR count). The Balaban J connectivity index is 1.48. The topological polar surface area (TPSA) is 81.5 Å². The summed E-state index contributed by atoms with van der Waals surface area (Å²) in [7, 11) is 1.45. The Kier molecular flexibility index (Phi) is 6.99. The SMILES string of the molecule is COc1ncccc1C(=O)Nc1cc(C#N)ccc1N1CCN(Cc2ccc(F)c(F)c2)CC1. The first-order valence-electron chi connectivity index (χ1n) is 10.7. The van der Waals surface area contributed by atoms with Crippen molar-refractivity contribution in [3.05, 3.63) is 83.1 Å². The van der Waals surface area contributed by atoms with E-state index in [2.05, 4.69) is 26.2 Å². The van der Waals surface area contributed by atoms with Gasteiger partial charge in [-0.3, -0.25) is 9.69 Å². The summed E-state index contributed by atoms with van der Waals surface area (Å²) in [6.07, 6.45) is 1.54. The second-order valence-electron chi connectivity index (χ2n) is 7.87. The van der Waals surface area contributed by atoms with Gasteiger partial charge in [0, 0.05) is 38.9 Å². The quantitative estimate of drug-likeness (QED) is 0.599. The fourth-order valence-electron chi connectivity index (χ4n) is 3.94. The van der Waals surface area contributed by atoms with Gasteiger partial charge >= 0.3 is 0 Å². The van der Waals surface area contributed by atoms with E-state index in [9.17, 15) is 18.8 Å². The highest BCUT2D eigenvalue weighted by Crippen LogP contribution is 2.29. The van der Waals surface area contributed by atoms with Crippen LogP contribution in [0.4, 0.5) is 20.2 Å². The highest BCUT2D eigenvalue weighted by atomic mass is 19.2. The van der Waals surface area contributed by atoms with E-state index in [0.717, 1.165) is 11.8 Å². The zero-order chi connectivity index (χ0) is 24.1. The molecule has 7 nitrogen and oxygen atoms in total. The Labute approximate surface area is 196 Å². The summed E-state index contributed by atoms with van der Waals surface area (Å²) in [5.41, 5.74) is 2.74. The molecule has 0 unspecified atom stereocenters. The van der Waals surface area contributed by atoms with E-state index >= 15 is 0 Å². The van der Waals surface area contributed by atoms with Gasteiger partial charge in [-0.1, -0.05) is 6.07 Å². The van der Waals surface area contributed by atoms with Gasteiger partial charge in [-0.15, -0.1) is 0 Å². The number of amides is 1. The maximum absolute atomic E-state index is 13.5. The van der Waals surface area contributed by atoms with Crippen LogP contribution in [0.25, 0.3) is 0 Å². The van der Waals surface area contributed by atoms with Crippen LogP contribution < -0.4 is 15.0 Å². The third kappa shape index (κ3) is 5.13. The van der Waals surface area contributed by atoms with Crippen molar-refractivity contribution < 1.29 is 18.3 Å². The Hall–Kier alpha value is -4.03. The standard InChI is InChI=1S/C25H23F2N5O2/c1-34-25-19(3-2-8-29-25)24(33)30-22-14-17(15-28)5-7-23(22)32-11-9-31(10-12-32)16-18-4-6-20(26)21(27)13-18/h2-8,13-14H,9-12,16H2,1H3,(H,30,33). The van der Waals surface area contributed by atoms with Crippen molar-refractivity contribution in [2.24, 2.45) is 0 Å². The number of benzene rings is 2. The molecule has 1 aromatic heterocycles. The van der Waals surface area contributed by atoms with Crippen LogP contribution in [0.1, 0.15) is 21.5 Å². The Bertz CT molecular complexity index is 1240. The molecule has 1 fully saturated rings. The lowest BCUT2D eigenvalue weighted by molar-refractivity contribution is 0.102. The second-order valence-corrected chi connectivity index (χ2v) is 7.87. The lowest BCUT2D eigenvalue weighted by atomic mass is 10.1. The smallest absolute Gasteiger partial charge is 0.261 e. The molecule has 1 aliphatic rings. The zero-order valence-electron chi connectivity index (χ0n) is 18.6. The number of anilines is 2. The van der Waals surface area contributed by atoms with E-state index < -0.39 is 17.5 Å². The number of nitrogens with one attached hydrogen (secondary N) is 1. The number of carbonyl (C=O) groups excluding carboxylic acids is 1. The van der Waals surface area contributed by atoms with Crippen LogP contribution in [0.15, 0.2) is 54.7 Å². The number of pyridine rings is 1. The average Bonchev–Trinajstić information content (AvgIpc) is 2.86. The van der Waals surface area contributed by atoms with Gasteiger partial charge in [0.05, 0.1) is 30.1 Å². The Morgan fingerprint density at radius 2 is 1.91 bits per heavy atom. The third-order valence-electron chi connectivity index (χ3n) is 5.69. The average molecular weight is 463 g/mol. The van der Waals surface area contributed by atoms with Crippen molar-refractivity contribution in [2.75, 3.05) is 43.5 Å². The second kappa shape index (κ2) is 10.3. The van der Waals surface area contributed by atoms with Crippen molar-refractivity contribution in [2.45, 2.75) is 6.54 Å². The summed E-state index contributed by atoms with van der Waals surface area (Å²) in [4.78, 5) is 21.3. The number of carbonyl (C=O) groups is 1. The van der Waals surface area contributed by atoms with Crippen LogP contribution in [0.3, 0.4) is 0 Å². The summed E-state index contributed by atoms with van der Waals surface area (Å²) < 4.78 is 31.9. The number of rotatable bonds is 6. The van der Waals surface area contributed by atoms with Crippen LogP contribution in [-0.2, 0) is 6.54 Å². The van der Waals surface area contributed by atoms with E-state index in [1.165, 1.54) is 19.4 Å². The molecular weight excluding hydrogens is 440 g/mol. The highest BCUT2D eigenvalue weighted by molar-refractivity contribution is 6.07. The Morgan fingerprint density at radius 1 is 1.12 bits per heavy atom. The van der Waals surface area contributed by atoms with Gasteiger partial charge in [-0.25, -0.2) is 13.8 Å². The lowest BCUT2D eigenvalue weighted by Crippen LogP contribution is -2.46. The molecule has 0 radical (unpaired) electrons. The van der Waals surface area contributed by atoms with Crippen molar-refractivity contribution in [3.8, 4) is 11.9 Å². The molecule has 2 aromatic carbocycles. The number of ether oxygens (including phenoxy) is 1. The van der Waals surface area contributed by atoms with E-state index in [4.69, 9.17) is 4.74 Å². The number of halogens is 2. The first kappa shape index (κ1) is 23.1. The van der Waals surface area contributed by atoms with Crippen molar-refractivity contribution >= 4 is 17.3 Å². The molecule has 1 aliphatic heterocycles. The van der Waals surface area contributed by atoms with Gasteiger partial charge < -0.3 is 15.0 Å². The molecule has 34 heavy (non-hydrogen) atoms.